The predicted molar refractivity (Wildman–Crippen MR) is 107 cm³/mol. The SMILES string of the molecule is COC(=O)c1c(NC(=O)CN(C)c2ccc(OC)c(OC)c2)sc(C)c1C. The van der Waals surface area contributed by atoms with Crippen molar-refractivity contribution >= 4 is 33.9 Å². The molecule has 1 amide bonds. The number of likely N-dealkylation sites (N-methyl/N-ethyl adjacent to an activating group) is 1. The van der Waals surface area contributed by atoms with E-state index in [4.69, 9.17) is 14.2 Å². The van der Waals surface area contributed by atoms with Crippen molar-refractivity contribution in [2.24, 2.45) is 0 Å². The Balaban J connectivity index is 2.14. The van der Waals surface area contributed by atoms with Gasteiger partial charge in [-0.3, -0.25) is 4.79 Å². The van der Waals surface area contributed by atoms with Gasteiger partial charge < -0.3 is 24.4 Å². The van der Waals surface area contributed by atoms with Gasteiger partial charge in [-0.05, 0) is 31.5 Å². The van der Waals surface area contributed by atoms with Gasteiger partial charge >= 0.3 is 5.97 Å². The number of thiophene rings is 1. The number of amides is 1. The number of carbonyl (C=O) groups excluding carboxylic acids is 2. The standard InChI is InChI=1S/C19H24N2O5S/c1-11-12(2)27-18(17(11)19(23)26-6)20-16(22)10-21(3)13-7-8-14(24-4)15(9-13)25-5/h7-9H,10H2,1-6H3,(H,20,22). The maximum atomic E-state index is 12.5. The van der Waals surface area contributed by atoms with E-state index in [0.29, 0.717) is 22.1 Å². The second-order valence-electron chi connectivity index (χ2n) is 5.92. The molecule has 0 radical (unpaired) electrons. The smallest absolute Gasteiger partial charge is 0.341 e. The number of hydrogen-bond donors (Lipinski definition) is 1. The van der Waals surface area contributed by atoms with Crippen LogP contribution in [0.1, 0.15) is 20.8 Å². The van der Waals surface area contributed by atoms with Crippen LogP contribution in [0.15, 0.2) is 18.2 Å². The number of carbonyl (C=O) groups is 2. The van der Waals surface area contributed by atoms with Crippen LogP contribution in [0.4, 0.5) is 10.7 Å². The van der Waals surface area contributed by atoms with Crippen molar-refractivity contribution in [3.63, 3.8) is 0 Å². The van der Waals surface area contributed by atoms with Gasteiger partial charge in [0.1, 0.15) is 5.00 Å². The molecule has 0 aliphatic carbocycles. The van der Waals surface area contributed by atoms with Crippen LogP contribution in [0.25, 0.3) is 0 Å². The molecule has 0 atom stereocenters. The van der Waals surface area contributed by atoms with Crippen molar-refractivity contribution in [1.82, 2.24) is 0 Å². The summed E-state index contributed by atoms with van der Waals surface area (Å²) in [6, 6.07) is 5.42. The molecule has 7 nitrogen and oxygen atoms in total. The van der Waals surface area contributed by atoms with Crippen LogP contribution >= 0.6 is 11.3 Å². The minimum atomic E-state index is -0.458. The Hall–Kier alpha value is -2.74. The lowest BCUT2D eigenvalue weighted by Crippen LogP contribution is -2.30. The lowest BCUT2D eigenvalue weighted by molar-refractivity contribution is -0.114. The summed E-state index contributed by atoms with van der Waals surface area (Å²) < 4.78 is 15.4. The van der Waals surface area contributed by atoms with Crippen LogP contribution in [0.2, 0.25) is 0 Å². The Morgan fingerprint density at radius 2 is 1.78 bits per heavy atom. The van der Waals surface area contributed by atoms with Gasteiger partial charge in [-0.1, -0.05) is 0 Å². The van der Waals surface area contributed by atoms with E-state index in [1.807, 2.05) is 19.9 Å². The molecule has 1 heterocycles. The molecule has 0 saturated carbocycles. The van der Waals surface area contributed by atoms with E-state index in [-0.39, 0.29) is 12.5 Å². The first-order valence-corrected chi connectivity index (χ1v) is 9.05. The first-order chi connectivity index (χ1) is 12.8. The van der Waals surface area contributed by atoms with Crippen molar-refractivity contribution in [2.75, 3.05) is 45.1 Å². The van der Waals surface area contributed by atoms with E-state index in [1.165, 1.54) is 18.4 Å². The number of nitrogens with one attached hydrogen (secondary N) is 1. The molecule has 146 valence electrons. The molecule has 2 rings (SSSR count). The average Bonchev–Trinajstić information content (AvgIpc) is 2.93. The Morgan fingerprint density at radius 1 is 1.11 bits per heavy atom. The van der Waals surface area contributed by atoms with Gasteiger partial charge in [0.05, 0.1) is 33.4 Å². The fraction of sp³-hybridized carbons (Fsp3) is 0.368. The summed E-state index contributed by atoms with van der Waals surface area (Å²) in [5.41, 5.74) is 2.02. The Kier molecular flexibility index (Phi) is 6.68. The molecular weight excluding hydrogens is 368 g/mol. The third kappa shape index (κ3) is 4.51. The molecular formula is C19H24N2O5S. The highest BCUT2D eigenvalue weighted by Gasteiger charge is 2.22. The highest BCUT2D eigenvalue weighted by atomic mass is 32.1. The number of aryl methyl sites for hydroxylation is 1. The molecule has 0 bridgehead atoms. The minimum absolute atomic E-state index is 0.103. The number of esters is 1. The largest absolute Gasteiger partial charge is 0.493 e. The molecule has 8 heteroatoms. The highest BCUT2D eigenvalue weighted by Crippen LogP contribution is 2.33. The molecule has 0 fully saturated rings. The van der Waals surface area contributed by atoms with Crippen molar-refractivity contribution in [3.8, 4) is 11.5 Å². The first kappa shape index (κ1) is 20.6. The molecule has 0 unspecified atom stereocenters. The van der Waals surface area contributed by atoms with Crippen LogP contribution in [-0.4, -0.2) is 46.8 Å². The number of benzene rings is 1. The van der Waals surface area contributed by atoms with Crippen LogP contribution < -0.4 is 19.7 Å². The first-order valence-electron chi connectivity index (χ1n) is 8.23. The Morgan fingerprint density at radius 3 is 2.37 bits per heavy atom. The predicted octanol–water partition coefficient (Wildman–Crippen LogP) is 3.24. The topological polar surface area (TPSA) is 77.1 Å². The van der Waals surface area contributed by atoms with Crippen molar-refractivity contribution in [3.05, 3.63) is 34.2 Å². The van der Waals surface area contributed by atoms with E-state index >= 15 is 0 Å². The van der Waals surface area contributed by atoms with E-state index in [9.17, 15) is 9.59 Å². The quantitative estimate of drug-likeness (QED) is 0.729. The summed E-state index contributed by atoms with van der Waals surface area (Å²) >= 11 is 1.36. The van der Waals surface area contributed by atoms with E-state index in [0.717, 1.165) is 16.1 Å². The molecule has 0 aliphatic heterocycles. The van der Waals surface area contributed by atoms with Gasteiger partial charge in [0.15, 0.2) is 11.5 Å². The minimum Gasteiger partial charge on any atom is -0.493 e. The lowest BCUT2D eigenvalue weighted by atomic mass is 10.1. The lowest BCUT2D eigenvalue weighted by Gasteiger charge is -2.20. The van der Waals surface area contributed by atoms with Crippen molar-refractivity contribution in [1.29, 1.82) is 0 Å². The maximum absolute atomic E-state index is 12.5. The number of hydrogen-bond acceptors (Lipinski definition) is 7. The summed E-state index contributed by atoms with van der Waals surface area (Å²) in [6.45, 7) is 3.84. The van der Waals surface area contributed by atoms with Gasteiger partial charge in [0.2, 0.25) is 5.91 Å². The van der Waals surface area contributed by atoms with Crippen LogP contribution in [0.5, 0.6) is 11.5 Å². The van der Waals surface area contributed by atoms with Gasteiger partial charge in [-0.2, -0.15) is 0 Å². The maximum Gasteiger partial charge on any atom is 0.341 e. The molecule has 1 N–H and O–H groups in total. The highest BCUT2D eigenvalue weighted by molar-refractivity contribution is 7.16. The van der Waals surface area contributed by atoms with Crippen molar-refractivity contribution in [2.45, 2.75) is 13.8 Å². The zero-order valence-electron chi connectivity index (χ0n) is 16.3. The molecule has 2 aromatic rings. The second-order valence-corrected chi connectivity index (χ2v) is 7.15. The summed E-state index contributed by atoms with van der Waals surface area (Å²) in [7, 11) is 6.25. The van der Waals surface area contributed by atoms with Crippen LogP contribution in [0.3, 0.4) is 0 Å². The summed E-state index contributed by atoms with van der Waals surface area (Å²) in [5, 5.41) is 3.32. The third-order valence-electron chi connectivity index (χ3n) is 4.22. The van der Waals surface area contributed by atoms with Crippen LogP contribution in [-0.2, 0) is 9.53 Å². The number of nitrogens with zero attached hydrogens (tertiary/aromatic N) is 1. The van der Waals surface area contributed by atoms with E-state index in [1.54, 1.807) is 38.3 Å². The summed E-state index contributed by atoms with van der Waals surface area (Å²) in [4.78, 5) is 27.3. The number of rotatable bonds is 7. The number of methoxy groups -OCH3 is 3. The van der Waals surface area contributed by atoms with Gasteiger partial charge in [-0.25, -0.2) is 4.79 Å². The fourth-order valence-electron chi connectivity index (χ4n) is 2.60. The normalized spacial score (nSPS) is 10.3. The van der Waals surface area contributed by atoms with Crippen LogP contribution in [0, 0.1) is 13.8 Å². The van der Waals surface area contributed by atoms with E-state index < -0.39 is 5.97 Å². The summed E-state index contributed by atoms with van der Waals surface area (Å²) in [5.74, 6) is 0.505. The molecule has 0 aliphatic rings. The molecule has 1 aromatic carbocycles. The zero-order valence-corrected chi connectivity index (χ0v) is 17.2. The van der Waals surface area contributed by atoms with Gasteiger partial charge in [0.25, 0.3) is 0 Å². The van der Waals surface area contributed by atoms with Gasteiger partial charge in [-0.15, -0.1) is 11.3 Å². The fourth-order valence-corrected chi connectivity index (χ4v) is 3.66. The second kappa shape index (κ2) is 8.77. The monoisotopic (exact) mass is 392 g/mol. The third-order valence-corrected chi connectivity index (χ3v) is 5.34. The average molecular weight is 392 g/mol. The van der Waals surface area contributed by atoms with Crippen molar-refractivity contribution < 1.29 is 23.8 Å². The zero-order chi connectivity index (χ0) is 20.1. The Bertz CT molecular complexity index is 847. The Labute approximate surface area is 162 Å². The number of ether oxygens (including phenoxy) is 3. The molecule has 0 spiro atoms. The number of anilines is 2. The summed E-state index contributed by atoms with van der Waals surface area (Å²) in [6.07, 6.45) is 0. The van der Waals surface area contributed by atoms with Gasteiger partial charge in [0, 0.05) is 23.7 Å². The van der Waals surface area contributed by atoms with E-state index in [2.05, 4.69) is 5.32 Å². The molecule has 0 saturated heterocycles. The molecule has 27 heavy (non-hydrogen) atoms. The molecule has 1 aromatic heterocycles.